The highest BCUT2D eigenvalue weighted by molar-refractivity contribution is 7.22. The third-order valence-electron chi connectivity index (χ3n) is 4.01. The van der Waals surface area contributed by atoms with Crippen LogP contribution in [0.4, 0.5) is 5.13 Å². The number of anilines is 1. The van der Waals surface area contributed by atoms with E-state index in [9.17, 15) is 0 Å². The molecule has 0 amide bonds. The van der Waals surface area contributed by atoms with Crippen LogP contribution in [0.1, 0.15) is 0 Å². The fraction of sp³-hybridized carbons (Fsp3) is 0.294. The van der Waals surface area contributed by atoms with Crippen LogP contribution in [0.3, 0.4) is 0 Å². The molecule has 3 heterocycles. The Labute approximate surface area is 149 Å². The second kappa shape index (κ2) is 6.93. The molecule has 0 spiro atoms. The number of hydrogen-bond donors (Lipinski definition) is 1. The van der Waals surface area contributed by atoms with Gasteiger partial charge in [-0.2, -0.15) is 0 Å². The van der Waals surface area contributed by atoms with Gasteiger partial charge in [-0.3, -0.25) is 4.98 Å². The maximum Gasteiger partial charge on any atom is 0.186 e. The van der Waals surface area contributed by atoms with E-state index < -0.39 is 0 Å². The van der Waals surface area contributed by atoms with Crippen molar-refractivity contribution in [3.8, 4) is 5.75 Å². The van der Waals surface area contributed by atoms with Gasteiger partial charge in [-0.25, -0.2) is 4.98 Å². The summed E-state index contributed by atoms with van der Waals surface area (Å²) < 4.78 is 7.05. The molecule has 3 aromatic rings. The standard InChI is InChI=1S/C17H17ClN4OS/c18-12-3-4-16-15(8-12)21-17(24-16)22-7-6-20-9-13(22)11-23-14-2-1-5-19-10-14/h1-5,8,10,13,20H,6-7,9,11H2. The van der Waals surface area contributed by atoms with Gasteiger partial charge in [-0.1, -0.05) is 22.9 Å². The fourth-order valence-electron chi connectivity index (χ4n) is 2.80. The molecule has 1 N–H and O–H groups in total. The molecule has 1 aromatic carbocycles. The number of halogens is 1. The van der Waals surface area contributed by atoms with Crippen LogP contribution in [-0.2, 0) is 0 Å². The molecule has 1 unspecified atom stereocenters. The molecule has 0 radical (unpaired) electrons. The molecule has 4 rings (SSSR count). The van der Waals surface area contributed by atoms with E-state index in [-0.39, 0.29) is 6.04 Å². The number of rotatable bonds is 4. The summed E-state index contributed by atoms with van der Waals surface area (Å²) in [5.74, 6) is 0.791. The topological polar surface area (TPSA) is 50.3 Å². The zero-order valence-electron chi connectivity index (χ0n) is 13.0. The number of nitrogens with one attached hydrogen (secondary N) is 1. The van der Waals surface area contributed by atoms with E-state index in [1.165, 1.54) is 0 Å². The van der Waals surface area contributed by atoms with Gasteiger partial charge in [0.1, 0.15) is 12.4 Å². The Kier molecular flexibility index (Phi) is 4.51. The molecule has 1 fully saturated rings. The molecule has 0 bridgehead atoms. The van der Waals surface area contributed by atoms with Crippen molar-refractivity contribution in [1.29, 1.82) is 0 Å². The van der Waals surface area contributed by atoms with Crippen LogP contribution in [0, 0.1) is 0 Å². The highest BCUT2D eigenvalue weighted by Gasteiger charge is 2.25. The van der Waals surface area contributed by atoms with Gasteiger partial charge in [0, 0.05) is 30.9 Å². The lowest BCUT2D eigenvalue weighted by molar-refractivity contribution is 0.266. The third-order valence-corrected chi connectivity index (χ3v) is 5.32. The van der Waals surface area contributed by atoms with Crippen molar-refractivity contribution in [2.24, 2.45) is 0 Å². The summed E-state index contributed by atoms with van der Waals surface area (Å²) in [7, 11) is 0. The van der Waals surface area contributed by atoms with Crippen molar-refractivity contribution in [2.45, 2.75) is 6.04 Å². The molecular formula is C17H17ClN4OS. The number of pyridine rings is 1. The van der Waals surface area contributed by atoms with Gasteiger partial charge in [0.15, 0.2) is 5.13 Å². The van der Waals surface area contributed by atoms with Crippen molar-refractivity contribution >= 4 is 38.3 Å². The number of thiazole rings is 1. The quantitative estimate of drug-likeness (QED) is 0.774. The molecular weight excluding hydrogens is 344 g/mol. The molecule has 24 heavy (non-hydrogen) atoms. The lowest BCUT2D eigenvalue weighted by atomic mass is 10.2. The number of ether oxygens (including phenoxy) is 1. The summed E-state index contributed by atoms with van der Waals surface area (Å²) in [6, 6.07) is 9.89. The first kappa shape index (κ1) is 15.6. The molecule has 0 aliphatic carbocycles. The summed E-state index contributed by atoms with van der Waals surface area (Å²) in [5, 5.41) is 5.17. The number of benzene rings is 1. The lowest BCUT2D eigenvalue weighted by Crippen LogP contribution is -2.54. The number of nitrogens with zero attached hydrogens (tertiary/aromatic N) is 3. The van der Waals surface area contributed by atoms with Gasteiger partial charge in [0.05, 0.1) is 22.5 Å². The smallest absolute Gasteiger partial charge is 0.186 e. The average Bonchev–Trinajstić information content (AvgIpc) is 3.04. The molecule has 1 aliphatic heterocycles. The number of aromatic nitrogens is 2. The normalized spacial score (nSPS) is 18.0. The van der Waals surface area contributed by atoms with Crippen molar-refractivity contribution in [2.75, 3.05) is 31.1 Å². The van der Waals surface area contributed by atoms with E-state index in [4.69, 9.17) is 21.3 Å². The molecule has 2 aromatic heterocycles. The molecule has 7 heteroatoms. The SMILES string of the molecule is Clc1ccc2sc(N3CCNCC3COc3cccnc3)nc2c1. The van der Waals surface area contributed by atoms with Gasteiger partial charge in [-0.05, 0) is 30.3 Å². The highest BCUT2D eigenvalue weighted by Crippen LogP contribution is 2.31. The lowest BCUT2D eigenvalue weighted by Gasteiger charge is -2.35. The molecule has 5 nitrogen and oxygen atoms in total. The highest BCUT2D eigenvalue weighted by atomic mass is 35.5. The van der Waals surface area contributed by atoms with Gasteiger partial charge in [0.2, 0.25) is 0 Å². The molecule has 1 aliphatic rings. The van der Waals surface area contributed by atoms with Gasteiger partial charge >= 0.3 is 0 Å². The minimum atomic E-state index is 0.231. The van der Waals surface area contributed by atoms with Crippen molar-refractivity contribution < 1.29 is 4.74 Å². The van der Waals surface area contributed by atoms with E-state index >= 15 is 0 Å². The van der Waals surface area contributed by atoms with E-state index in [2.05, 4.69) is 15.2 Å². The van der Waals surface area contributed by atoms with Crippen LogP contribution < -0.4 is 15.0 Å². The van der Waals surface area contributed by atoms with Gasteiger partial charge < -0.3 is 15.0 Å². The zero-order valence-corrected chi connectivity index (χ0v) is 14.6. The molecule has 0 saturated carbocycles. The first-order valence-corrected chi connectivity index (χ1v) is 9.05. The van der Waals surface area contributed by atoms with Gasteiger partial charge in [-0.15, -0.1) is 0 Å². The summed E-state index contributed by atoms with van der Waals surface area (Å²) in [4.78, 5) is 11.2. The van der Waals surface area contributed by atoms with E-state index in [0.717, 1.165) is 45.8 Å². The predicted octanol–water partition coefficient (Wildman–Crippen LogP) is 3.20. The summed E-state index contributed by atoms with van der Waals surface area (Å²) in [6.07, 6.45) is 3.48. The Morgan fingerprint density at radius 2 is 2.33 bits per heavy atom. The Hall–Kier alpha value is -1.89. The van der Waals surface area contributed by atoms with E-state index in [0.29, 0.717) is 6.61 Å². The van der Waals surface area contributed by atoms with Crippen LogP contribution in [-0.4, -0.2) is 42.3 Å². The summed E-state index contributed by atoms with van der Waals surface area (Å²) >= 11 is 7.77. The maximum absolute atomic E-state index is 6.08. The number of fused-ring (bicyclic) bond motifs is 1. The Morgan fingerprint density at radius 1 is 1.38 bits per heavy atom. The first-order valence-electron chi connectivity index (χ1n) is 7.86. The predicted molar refractivity (Wildman–Crippen MR) is 98.4 cm³/mol. The Morgan fingerprint density at radius 3 is 3.21 bits per heavy atom. The van der Waals surface area contributed by atoms with Crippen molar-refractivity contribution in [3.05, 3.63) is 47.7 Å². The van der Waals surface area contributed by atoms with Crippen LogP contribution >= 0.6 is 22.9 Å². The first-order chi connectivity index (χ1) is 11.8. The number of hydrogen-bond acceptors (Lipinski definition) is 6. The van der Waals surface area contributed by atoms with E-state index in [1.807, 2.05) is 30.3 Å². The minimum Gasteiger partial charge on any atom is -0.490 e. The minimum absolute atomic E-state index is 0.231. The van der Waals surface area contributed by atoms with E-state index in [1.54, 1.807) is 23.7 Å². The molecule has 1 saturated heterocycles. The third kappa shape index (κ3) is 3.31. The number of piperazine rings is 1. The summed E-state index contributed by atoms with van der Waals surface area (Å²) in [6.45, 7) is 3.32. The van der Waals surface area contributed by atoms with Gasteiger partial charge in [0.25, 0.3) is 0 Å². The van der Waals surface area contributed by atoms with Crippen LogP contribution in [0.15, 0.2) is 42.7 Å². The van der Waals surface area contributed by atoms with Crippen LogP contribution in [0.5, 0.6) is 5.75 Å². The zero-order chi connectivity index (χ0) is 16.4. The second-order valence-corrected chi connectivity index (χ2v) is 7.11. The molecule has 124 valence electrons. The largest absolute Gasteiger partial charge is 0.490 e. The van der Waals surface area contributed by atoms with Crippen LogP contribution in [0.25, 0.3) is 10.2 Å². The Bertz CT molecular complexity index is 826. The summed E-state index contributed by atoms with van der Waals surface area (Å²) in [5.41, 5.74) is 0.952. The fourth-order valence-corrected chi connectivity index (χ4v) is 4.01. The molecule has 1 atom stereocenters. The second-order valence-electron chi connectivity index (χ2n) is 5.66. The maximum atomic E-state index is 6.08. The van der Waals surface area contributed by atoms with Crippen LogP contribution in [0.2, 0.25) is 5.02 Å². The van der Waals surface area contributed by atoms with Crippen molar-refractivity contribution in [3.63, 3.8) is 0 Å². The Balaban J connectivity index is 1.54. The monoisotopic (exact) mass is 360 g/mol. The average molecular weight is 361 g/mol. The van der Waals surface area contributed by atoms with Crippen molar-refractivity contribution in [1.82, 2.24) is 15.3 Å².